The van der Waals surface area contributed by atoms with Crippen molar-refractivity contribution in [3.8, 4) is 11.3 Å². The first-order valence-corrected chi connectivity index (χ1v) is 8.27. The number of carbonyl (C=O) groups excluding carboxylic acids is 2. The molecule has 0 bridgehead atoms. The zero-order valence-corrected chi connectivity index (χ0v) is 14.3. The Kier molecular flexibility index (Phi) is 4.57. The Bertz CT molecular complexity index is 915. The molecule has 0 aliphatic carbocycles. The van der Waals surface area contributed by atoms with Crippen molar-refractivity contribution in [3.63, 3.8) is 0 Å². The molecule has 2 heterocycles. The van der Waals surface area contributed by atoms with Crippen LogP contribution in [0.3, 0.4) is 0 Å². The summed E-state index contributed by atoms with van der Waals surface area (Å²) < 4.78 is 0. The third-order valence-corrected chi connectivity index (χ3v) is 4.29. The van der Waals surface area contributed by atoms with Crippen LogP contribution in [0.4, 0.5) is 5.13 Å². The Morgan fingerprint density at radius 1 is 1.17 bits per heavy atom. The van der Waals surface area contributed by atoms with E-state index in [1.807, 2.05) is 0 Å². The van der Waals surface area contributed by atoms with E-state index in [2.05, 4.69) is 15.3 Å². The van der Waals surface area contributed by atoms with Gasteiger partial charge in [0.25, 0.3) is 11.8 Å². The summed E-state index contributed by atoms with van der Waals surface area (Å²) in [5.41, 5.74) is 7.14. The number of hydrogen-bond acceptors (Lipinski definition) is 4. The van der Waals surface area contributed by atoms with Crippen LogP contribution in [-0.4, -0.2) is 21.8 Å². The summed E-state index contributed by atoms with van der Waals surface area (Å²) in [6.45, 7) is 0. The van der Waals surface area contributed by atoms with Crippen LogP contribution in [0, 0.1) is 0 Å². The number of primary amides is 1. The van der Waals surface area contributed by atoms with Crippen LogP contribution in [-0.2, 0) is 0 Å². The van der Waals surface area contributed by atoms with E-state index >= 15 is 0 Å². The van der Waals surface area contributed by atoms with Gasteiger partial charge in [0.2, 0.25) is 0 Å². The number of nitrogens with zero attached hydrogens (tertiary/aromatic N) is 1. The van der Waals surface area contributed by atoms with Crippen molar-refractivity contribution in [1.29, 1.82) is 0 Å². The molecule has 9 heteroatoms. The first-order valence-electron chi connectivity index (χ1n) is 6.64. The number of hydrogen-bond donors (Lipinski definition) is 3. The third kappa shape index (κ3) is 3.59. The molecule has 1 aromatic carbocycles. The Balaban J connectivity index is 1.78. The number of rotatable bonds is 4. The van der Waals surface area contributed by atoms with E-state index in [0.29, 0.717) is 32.0 Å². The average molecular weight is 381 g/mol. The van der Waals surface area contributed by atoms with Gasteiger partial charge < -0.3 is 10.7 Å². The topological polar surface area (TPSA) is 101 Å². The molecule has 0 saturated heterocycles. The molecule has 2 aromatic heterocycles. The molecule has 3 aromatic rings. The Labute approximate surface area is 150 Å². The number of nitrogens with two attached hydrogens (primary N) is 1. The van der Waals surface area contributed by atoms with Crippen LogP contribution in [0.2, 0.25) is 10.0 Å². The highest BCUT2D eigenvalue weighted by molar-refractivity contribution is 7.14. The minimum Gasteiger partial charge on any atom is -0.364 e. The summed E-state index contributed by atoms with van der Waals surface area (Å²) >= 11 is 13.0. The predicted octanol–water partition coefficient (Wildman–Crippen LogP) is 3.80. The lowest BCUT2D eigenvalue weighted by atomic mass is 10.2. The summed E-state index contributed by atoms with van der Waals surface area (Å²) in [7, 11) is 0. The number of halogens is 2. The van der Waals surface area contributed by atoms with Gasteiger partial charge in [-0.25, -0.2) is 4.98 Å². The SMILES string of the molecule is NC(=O)c1cc(-c2csc(NC(=O)c3cc(Cl)cc(Cl)c3)n2)c[nH]1. The summed E-state index contributed by atoms with van der Waals surface area (Å²) in [5, 5.41) is 5.60. The van der Waals surface area contributed by atoms with E-state index < -0.39 is 5.91 Å². The highest BCUT2D eigenvalue weighted by Gasteiger charge is 2.13. The summed E-state index contributed by atoms with van der Waals surface area (Å²) in [5.74, 6) is -0.921. The highest BCUT2D eigenvalue weighted by atomic mass is 35.5. The fourth-order valence-electron chi connectivity index (χ4n) is 2.00. The monoisotopic (exact) mass is 380 g/mol. The predicted molar refractivity (Wildman–Crippen MR) is 94.8 cm³/mol. The van der Waals surface area contributed by atoms with Crippen LogP contribution in [0.25, 0.3) is 11.3 Å². The van der Waals surface area contributed by atoms with Crippen molar-refractivity contribution < 1.29 is 9.59 Å². The molecule has 2 amide bonds. The van der Waals surface area contributed by atoms with E-state index in [4.69, 9.17) is 28.9 Å². The fraction of sp³-hybridized carbons (Fsp3) is 0. The molecule has 0 fully saturated rings. The first-order chi connectivity index (χ1) is 11.4. The van der Waals surface area contributed by atoms with Crippen molar-refractivity contribution in [2.75, 3.05) is 5.32 Å². The van der Waals surface area contributed by atoms with Gasteiger partial charge in [0.15, 0.2) is 5.13 Å². The van der Waals surface area contributed by atoms with Gasteiger partial charge >= 0.3 is 0 Å². The molecular weight excluding hydrogens is 371 g/mol. The number of nitrogens with one attached hydrogen (secondary N) is 2. The van der Waals surface area contributed by atoms with Gasteiger partial charge in [0.1, 0.15) is 5.69 Å². The van der Waals surface area contributed by atoms with Gasteiger partial charge in [-0.1, -0.05) is 23.2 Å². The van der Waals surface area contributed by atoms with Crippen LogP contribution in [0.15, 0.2) is 35.8 Å². The number of benzene rings is 1. The van der Waals surface area contributed by atoms with Crippen molar-refractivity contribution in [3.05, 3.63) is 57.1 Å². The van der Waals surface area contributed by atoms with Gasteiger partial charge in [0, 0.05) is 32.7 Å². The molecule has 6 nitrogen and oxygen atoms in total. The molecular formula is C15H10Cl2N4O2S. The second-order valence-corrected chi connectivity index (χ2v) is 6.55. The van der Waals surface area contributed by atoms with Gasteiger partial charge in [-0.05, 0) is 24.3 Å². The quantitative estimate of drug-likeness (QED) is 0.641. The van der Waals surface area contributed by atoms with Crippen molar-refractivity contribution in [2.24, 2.45) is 5.73 Å². The van der Waals surface area contributed by atoms with Crippen LogP contribution in [0.1, 0.15) is 20.8 Å². The zero-order chi connectivity index (χ0) is 17.3. The maximum absolute atomic E-state index is 12.2. The lowest BCUT2D eigenvalue weighted by Gasteiger charge is -2.03. The minimum atomic E-state index is -0.553. The smallest absolute Gasteiger partial charge is 0.265 e. The van der Waals surface area contributed by atoms with Crippen molar-refractivity contribution >= 4 is 51.5 Å². The molecule has 0 radical (unpaired) electrons. The molecule has 122 valence electrons. The van der Waals surface area contributed by atoms with Crippen LogP contribution < -0.4 is 11.1 Å². The number of carbonyl (C=O) groups is 2. The minimum absolute atomic E-state index is 0.289. The number of aromatic nitrogens is 2. The Morgan fingerprint density at radius 2 is 1.88 bits per heavy atom. The fourth-order valence-corrected chi connectivity index (χ4v) is 3.24. The largest absolute Gasteiger partial charge is 0.364 e. The van der Waals surface area contributed by atoms with E-state index in [-0.39, 0.29) is 11.6 Å². The number of H-pyrrole nitrogens is 1. The van der Waals surface area contributed by atoms with Crippen LogP contribution in [0.5, 0.6) is 0 Å². The van der Waals surface area contributed by atoms with Gasteiger partial charge in [-0.3, -0.25) is 14.9 Å². The molecule has 0 unspecified atom stereocenters. The second-order valence-electron chi connectivity index (χ2n) is 4.82. The lowest BCUT2D eigenvalue weighted by molar-refractivity contribution is 0.0994. The molecule has 0 aliphatic heterocycles. The van der Waals surface area contributed by atoms with Crippen molar-refractivity contribution in [1.82, 2.24) is 9.97 Å². The van der Waals surface area contributed by atoms with E-state index in [0.717, 1.165) is 0 Å². The maximum Gasteiger partial charge on any atom is 0.265 e. The number of aromatic amines is 1. The van der Waals surface area contributed by atoms with Crippen LogP contribution >= 0.6 is 34.5 Å². The number of thiazole rings is 1. The van der Waals surface area contributed by atoms with Gasteiger partial charge in [0.05, 0.1) is 5.69 Å². The van der Waals surface area contributed by atoms with Crippen molar-refractivity contribution in [2.45, 2.75) is 0 Å². The molecule has 4 N–H and O–H groups in total. The summed E-state index contributed by atoms with van der Waals surface area (Å²) in [4.78, 5) is 30.4. The third-order valence-electron chi connectivity index (χ3n) is 3.09. The number of anilines is 1. The molecule has 0 atom stereocenters. The molecule has 24 heavy (non-hydrogen) atoms. The number of amides is 2. The summed E-state index contributed by atoms with van der Waals surface area (Å²) in [6.07, 6.45) is 1.62. The molecule has 0 spiro atoms. The van der Waals surface area contributed by atoms with Gasteiger partial charge in [-0.15, -0.1) is 11.3 Å². The molecule has 0 saturated carbocycles. The molecule has 3 rings (SSSR count). The lowest BCUT2D eigenvalue weighted by Crippen LogP contribution is -2.11. The van der Waals surface area contributed by atoms with E-state index in [1.54, 1.807) is 23.7 Å². The van der Waals surface area contributed by atoms with E-state index in [1.165, 1.54) is 23.5 Å². The maximum atomic E-state index is 12.2. The zero-order valence-electron chi connectivity index (χ0n) is 12.0. The Morgan fingerprint density at radius 3 is 2.50 bits per heavy atom. The normalized spacial score (nSPS) is 10.6. The Hall–Kier alpha value is -2.35. The van der Waals surface area contributed by atoms with Gasteiger partial charge in [-0.2, -0.15) is 0 Å². The summed E-state index contributed by atoms with van der Waals surface area (Å²) in [6, 6.07) is 6.18. The second kappa shape index (κ2) is 6.64. The standard InChI is InChI=1S/C15H10Cl2N4O2S/c16-9-1-7(2-10(17)4-9)14(23)21-15-20-12(6-24-15)8-3-11(13(18)22)19-5-8/h1-6,19H,(H2,18,22)(H,20,21,23). The highest BCUT2D eigenvalue weighted by Crippen LogP contribution is 2.26. The first kappa shape index (κ1) is 16.5. The average Bonchev–Trinajstić information content (AvgIpc) is 3.14. The molecule has 0 aliphatic rings. The van der Waals surface area contributed by atoms with E-state index in [9.17, 15) is 9.59 Å².